The molecule has 0 saturated heterocycles. The molecule has 6 N–H and O–H groups in total. The second kappa shape index (κ2) is 11.3. The number of fused-ring (bicyclic) bond motifs is 2. The molecule has 6 rings (SSSR count). The van der Waals surface area contributed by atoms with Gasteiger partial charge in [-0.1, -0.05) is 72.8 Å². The van der Waals surface area contributed by atoms with Crippen LogP contribution in [0.3, 0.4) is 0 Å². The molecule has 2 aliphatic carbocycles. The predicted molar refractivity (Wildman–Crippen MR) is 148 cm³/mol. The zero-order valence-electron chi connectivity index (χ0n) is 20.4. The number of benzene rings is 4. The molecule has 0 bridgehead atoms. The van der Waals surface area contributed by atoms with Crippen LogP contribution in [0.4, 0.5) is 0 Å². The first-order valence-electron chi connectivity index (χ1n) is 11.8. The number of rotatable bonds is 2. The van der Waals surface area contributed by atoms with Crippen molar-refractivity contribution in [2.24, 2.45) is 0 Å². The van der Waals surface area contributed by atoms with Crippen molar-refractivity contribution in [3.63, 3.8) is 0 Å². The number of hydrogen-bond acceptors (Lipinski definition) is 2. The molecule has 0 spiro atoms. The molecule has 0 aromatic heterocycles. The van der Waals surface area contributed by atoms with Crippen molar-refractivity contribution in [1.82, 2.24) is 0 Å². The summed E-state index contributed by atoms with van der Waals surface area (Å²) in [5, 5.41) is 16.2. The summed E-state index contributed by atoms with van der Waals surface area (Å²) < 4.78 is 0. The Labute approximate surface area is 234 Å². The van der Waals surface area contributed by atoms with Crippen LogP contribution in [0.25, 0.3) is 11.5 Å². The van der Waals surface area contributed by atoms with Gasteiger partial charge in [0.05, 0.1) is 22.3 Å². The van der Waals surface area contributed by atoms with E-state index in [2.05, 4.69) is 0 Å². The molecule has 2 aliphatic rings. The van der Waals surface area contributed by atoms with Crippen molar-refractivity contribution >= 4 is 34.7 Å². The van der Waals surface area contributed by atoms with E-state index in [1.54, 1.807) is 97.1 Å². The van der Waals surface area contributed by atoms with Crippen molar-refractivity contribution in [2.45, 2.75) is 0 Å². The minimum atomic E-state index is -0.290. The Balaban J connectivity index is 0.000000176. The molecule has 4 aromatic rings. The van der Waals surface area contributed by atoms with Gasteiger partial charge in [0.25, 0.3) is 11.5 Å². The maximum atomic E-state index is 12.3. The van der Waals surface area contributed by atoms with Gasteiger partial charge in [0.1, 0.15) is 0 Å². The Hall–Kier alpha value is -4.85. The van der Waals surface area contributed by atoms with Crippen LogP contribution >= 0.6 is 0 Å². The topological polar surface area (TPSA) is 123 Å². The van der Waals surface area contributed by atoms with Crippen molar-refractivity contribution in [1.29, 1.82) is 0 Å². The third kappa shape index (κ3) is 4.88. The molecule has 7 heteroatoms. The molecule has 0 saturated carbocycles. The zero-order chi connectivity index (χ0) is 26.8. The number of ketones is 4. The average Bonchev–Trinajstić information content (AvgIpc) is 3.38. The minimum absolute atomic E-state index is 0. The smallest absolute Gasteiger partial charge is 0.592 e. The Kier molecular flexibility index (Phi) is 7.85. The summed E-state index contributed by atoms with van der Waals surface area (Å²) in [6.07, 6.45) is 0. The van der Waals surface area contributed by atoms with E-state index in [9.17, 15) is 19.2 Å². The van der Waals surface area contributed by atoms with Crippen LogP contribution in [0, 0.1) is 0 Å². The van der Waals surface area contributed by atoms with Crippen LogP contribution in [0.5, 0.6) is 0 Å². The van der Waals surface area contributed by atoms with Crippen molar-refractivity contribution in [3.05, 3.63) is 154 Å². The number of Topliss-reactive ketones (excluding diaryl/α,β-unsaturated/α-hetero) is 2. The Morgan fingerprint density at radius 2 is 0.744 bits per heavy atom. The Morgan fingerprint density at radius 1 is 0.462 bits per heavy atom. The van der Waals surface area contributed by atoms with Gasteiger partial charge in [-0.05, 0) is 36.4 Å². The fraction of sp³-hybridized carbons (Fsp3) is 0. The van der Waals surface area contributed by atoms with Gasteiger partial charge in [-0.15, -0.1) is 0 Å². The third-order valence-corrected chi connectivity index (χ3v) is 6.41. The molecule has 0 unspecified atom stereocenters. The first-order valence-corrected chi connectivity index (χ1v) is 11.8. The zero-order valence-corrected chi connectivity index (χ0v) is 21.5. The molecule has 191 valence electrons. The van der Waals surface area contributed by atoms with Crippen molar-refractivity contribution < 1.29 is 46.2 Å². The molecule has 0 fully saturated rings. The maximum Gasteiger partial charge on any atom is 2.00 e. The number of carbonyl (C=O) groups is 2. The van der Waals surface area contributed by atoms with E-state index >= 15 is 0 Å². The van der Waals surface area contributed by atoms with E-state index in [4.69, 9.17) is 10.2 Å². The maximum absolute atomic E-state index is 12.3. The molecule has 6 nitrogen and oxygen atoms in total. The molecular weight excluding hydrogens is 539 g/mol. The van der Waals surface area contributed by atoms with Crippen LogP contribution in [-0.4, -0.2) is 42.9 Å². The number of allylic oxidation sites excluding steroid dienone is 2. The van der Waals surface area contributed by atoms with Crippen LogP contribution in [0.2, 0.25) is 0 Å². The second-order valence-corrected chi connectivity index (χ2v) is 8.68. The van der Waals surface area contributed by atoms with Gasteiger partial charge in [0.15, 0.2) is 0 Å². The fourth-order valence-corrected chi connectivity index (χ4v) is 4.49. The van der Waals surface area contributed by atoms with E-state index in [1.165, 1.54) is 0 Å². The molecule has 0 amide bonds. The summed E-state index contributed by atoms with van der Waals surface area (Å²) >= 11 is 0. The van der Waals surface area contributed by atoms with Gasteiger partial charge >= 0.3 is 28.3 Å². The van der Waals surface area contributed by atoms with E-state index in [1.807, 2.05) is 12.1 Å². The fourth-order valence-electron chi connectivity index (χ4n) is 4.49. The molecule has 39 heavy (non-hydrogen) atoms. The average molecular weight is 563 g/mol. The Bertz CT molecular complexity index is 1480. The number of hydrogen-bond donors (Lipinski definition) is 0. The van der Waals surface area contributed by atoms with Crippen LogP contribution < -0.4 is 0 Å². The molecule has 0 heterocycles. The summed E-state index contributed by atoms with van der Waals surface area (Å²) in [5.41, 5.74) is 3.30. The molecule has 4 aromatic carbocycles. The first kappa shape index (κ1) is 27.2. The number of carbonyl (C=O) groups excluding carboxylic acids is 4. The molecule has 0 aliphatic heterocycles. The van der Waals surface area contributed by atoms with E-state index in [0.717, 1.165) is 0 Å². The van der Waals surface area contributed by atoms with Gasteiger partial charge in [0, 0.05) is 11.1 Å². The monoisotopic (exact) mass is 563 g/mol. The van der Waals surface area contributed by atoms with Crippen molar-refractivity contribution in [3.8, 4) is 0 Å². The standard InChI is InChI=1S/2C16H10O3.Co/c2*17-14(10-6-2-1-3-7-10)13-15(18)11-8-4-5-9-12(11)16(13)19;/h2*1-9,17H;/q;;+2/p+4. The molecular formula is C32H24CoO6+6. The summed E-state index contributed by atoms with van der Waals surface area (Å²) in [6.45, 7) is 0. The van der Waals surface area contributed by atoms with Gasteiger partial charge in [-0.2, -0.15) is 0 Å². The van der Waals surface area contributed by atoms with Gasteiger partial charge in [-0.3, -0.25) is 19.2 Å². The van der Waals surface area contributed by atoms with Gasteiger partial charge in [-0.25, -0.2) is 0 Å². The van der Waals surface area contributed by atoms with E-state index in [0.29, 0.717) is 33.4 Å². The normalized spacial score (nSPS) is 16.0. The third-order valence-electron chi connectivity index (χ3n) is 6.41. The Morgan fingerprint density at radius 3 is 1.05 bits per heavy atom. The summed E-state index contributed by atoms with van der Waals surface area (Å²) in [4.78, 5) is 44.8. The summed E-state index contributed by atoms with van der Waals surface area (Å²) in [5.74, 6) is -0.675. The van der Waals surface area contributed by atoms with Gasteiger partial charge < -0.3 is 10.2 Å². The van der Waals surface area contributed by atoms with Gasteiger partial charge in [0.2, 0.25) is 22.7 Å². The summed E-state index contributed by atoms with van der Waals surface area (Å²) in [6, 6.07) is 31.6. The summed E-state index contributed by atoms with van der Waals surface area (Å²) in [7, 11) is 0. The van der Waals surface area contributed by atoms with Crippen molar-refractivity contribution in [2.75, 3.05) is 0 Å². The largest absolute Gasteiger partial charge is 2.00 e. The quantitative estimate of drug-likeness (QED) is 0.159. The SMILES string of the molecule is O=C1C(=C([OH2+])c2ccccc2)C(=[OH+])c2ccccc21.O=C1C(=C([OH2+])c2ccccc2)C(=[OH+])c2ccccc21.[Co+2]. The molecule has 1 radical (unpaired) electrons. The predicted octanol–water partition coefficient (Wildman–Crippen LogP) is 3.82. The van der Waals surface area contributed by atoms with Crippen LogP contribution in [0.1, 0.15) is 43.0 Å². The second-order valence-electron chi connectivity index (χ2n) is 8.68. The van der Waals surface area contributed by atoms with E-state index < -0.39 is 0 Å². The van der Waals surface area contributed by atoms with Crippen LogP contribution in [-0.2, 0) is 16.8 Å². The minimum Gasteiger partial charge on any atom is -0.592 e. The first-order chi connectivity index (χ1) is 18.4. The van der Waals surface area contributed by atoms with Crippen LogP contribution in [0.15, 0.2) is 120 Å². The molecule has 0 atom stereocenters. The van der Waals surface area contributed by atoms with E-state index in [-0.39, 0.29) is 62.6 Å².